The summed E-state index contributed by atoms with van der Waals surface area (Å²) in [6.45, 7) is 8.39. The SMILES string of the molecule is CC(C)(N)CN1CCC(N2CCc3cc(F)ccc32)CC1. The Hall–Kier alpha value is -1.13. The van der Waals surface area contributed by atoms with Crippen molar-refractivity contribution < 1.29 is 4.39 Å². The van der Waals surface area contributed by atoms with E-state index < -0.39 is 0 Å². The second kappa shape index (κ2) is 5.58. The van der Waals surface area contributed by atoms with Crippen LogP contribution in [0, 0.1) is 5.82 Å². The van der Waals surface area contributed by atoms with Gasteiger partial charge in [-0.15, -0.1) is 0 Å². The number of piperidine rings is 1. The molecule has 0 radical (unpaired) electrons. The van der Waals surface area contributed by atoms with E-state index in [0.29, 0.717) is 6.04 Å². The van der Waals surface area contributed by atoms with Crippen molar-refractivity contribution in [2.75, 3.05) is 31.1 Å². The molecular weight excluding hydrogens is 265 g/mol. The minimum atomic E-state index is -0.120. The molecule has 0 spiro atoms. The number of rotatable bonds is 3. The van der Waals surface area contributed by atoms with E-state index in [1.165, 1.54) is 24.1 Å². The number of nitrogens with two attached hydrogens (primary N) is 1. The largest absolute Gasteiger partial charge is 0.368 e. The quantitative estimate of drug-likeness (QED) is 0.928. The third-order valence-corrected chi connectivity index (χ3v) is 4.60. The third-order valence-electron chi connectivity index (χ3n) is 4.60. The molecular formula is C17H26FN3. The number of hydrogen-bond acceptors (Lipinski definition) is 3. The highest BCUT2D eigenvalue weighted by Crippen LogP contribution is 2.33. The number of halogens is 1. The van der Waals surface area contributed by atoms with Gasteiger partial charge in [0.2, 0.25) is 0 Å². The maximum Gasteiger partial charge on any atom is 0.123 e. The van der Waals surface area contributed by atoms with Crippen molar-refractivity contribution in [1.82, 2.24) is 4.90 Å². The highest BCUT2D eigenvalue weighted by atomic mass is 19.1. The van der Waals surface area contributed by atoms with E-state index in [2.05, 4.69) is 23.6 Å². The Morgan fingerprint density at radius 2 is 1.95 bits per heavy atom. The molecule has 0 unspecified atom stereocenters. The van der Waals surface area contributed by atoms with Gasteiger partial charge in [0.05, 0.1) is 0 Å². The second-order valence-corrected chi connectivity index (χ2v) is 7.21. The van der Waals surface area contributed by atoms with Gasteiger partial charge in [-0.25, -0.2) is 4.39 Å². The third kappa shape index (κ3) is 3.38. The number of hydrogen-bond donors (Lipinski definition) is 1. The molecule has 0 atom stereocenters. The Morgan fingerprint density at radius 1 is 1.24 bits per heavy atom. The summed E-state index contributed by atoms with van der Waals surface area (Å²) in [6, 6.07) is 5.83. The van der Waals surface area contributed by atoms with Crippen LogP contribution in [0.1, 0.15) is 32.3 Å². The Labute approximate surface area is 126 Å². The van der Waals surface area contributed by atoms with Crippen molar-refractivity contribution in [3.63, 3.8) is 0 Å². The van der Waals surface area contributed by atoms with E-state index in [0.717, 1.165) is 32.6 Å². The van der Waals surface area contributed by atoms with E-state index in [9.17, 15) is 4.39 Å². The number of fused-ring (bicyclic) bond motifs is 1. The first-order valence-corrected chi connectivity index (χ1v) is 7.99. The molecule has 1 fully saturated rings. The van der Waals surface area contributed by atoms with E-state index in [4.69, 9.17) is 5.73 Å². The summed E-state index contributed by atoms with van der Waals surface area (Å²) < 4.78 is 13.3. The lowest BCUT2D eigenvalue weighted by atomic mass is 10.00. The van der Waals surface area contributed by atoms with Crippen LogP contribution in [0.3, 0.4) is 0 Å². The van der Waals surface area contributed by atoms with Crippen molar-refractivity contribution in [2.24, 2.45) is 5.73 Å². The number of benzene rings is 1. The molecule has 2 N–H and O–H groups in total. The summed E-state index contributed by atoms with van der Waals surface area (Å²) in [7, 11) is 0. The van der Waals surface area contributed by atoms with Crippen LogP contribution in [0.4, 0.5) is 10.1 Å². The van der Waals surface area contributed by atoms with E-state index in [1.807, 2.05) is 6.07 Å². The number of likely N-dealkylation sites (tertiary alicyclic amines) is 1. The molecule has 3 rings (SSSR count). The monoisotopic (exact) mass is 291 g/mol. The smallest absolute Gasteiger partial charge is 0.123 e. The van der Waals surface area contributed by atoms with Crippen LogP contribution in [-0.2, 0) is 6.42 Å². The fourth-order valence-electron chi connectivity index (χ4n) is 3.74. The molecule has 0 bridgehead atoms. The molecule has 2 aliphatic heterocycles. The van der Waals surface area contributed by atoms with Crippen LogP contribution < -0.4 is 10.6 Å². The van der Waals surface area contributed by atoms with E-state index in [-0.39, 0.29) is 11.4 Å². The van der Waals surface area contributed by atoms with Gasteiger partial charge < -0.3 is 15.5 Å². The van der Waals surface area contributed by atoms with Crippen LogP contribution in [0.5, 0.6) is 0 Å². The van der Waals surface area contributed by atoms with Gasteiger partial charge in [-0.1, -0.05) is 0 Å². The molecule has 1 saturated heterocycles. The molecule has 2 heterocycles. The first-order chi connectivity index (χ1) is 9.92. The zero-order valence-electron chi connectivity index (χ0n) is 13.1. The fourth-order valence-corrected chi connectivity index (χ4v) is 3.74. The van der Waals surface area contributed by atoms with Crippen LogP contribution in [0.2, 0.25) is 0 Å². The Kier molecular flexibility index (Phi) is 3.93. The summed E-state index contributed by atoms with van der Waals surface area (Å²) >= 11 is 0. The van der Waals surface area contributed by atoms with Crippen molar-refractivity contribution in [3.05, 3.63) is 29.6 Å². The highest BCUT2D eigenvalue weighted by Gasteiger charge is 2.30. The second-order valence-electron chi connectivity index (χ2n) is 7.21. The Balaban J connectivity index is 1.62. The van der Waals surface area contributed by atoms with Crippen LogP contribution in [0.25, 0.3) is 0 Å². The first kappa shape index (κ1) is 14.8. The molecule has 116 valence electrons. The zero-order chi connectivity index (χ0) is 15.0. The molecule has 0 saturated carbocycles. The lowest BCUT2D eigenvalue weighted by Gasteiger charge is -2.40. The molecule has 0 amide bonds. The van der Waals surface area contributed by atoms with Gasteiger partial charge in [0.1, 0.15) is 5.82 Å². The van der Waals surface area contributed by atoms with Crippen LogP contribution in [0.15, 0.2) is 18.2 Å². The van der Waals surface area contributed by atoms with Crippen molar-refractivity contribution in [2.45, 2.75) is 44.7 Å². The molecule has 1 aromatic rings. The van der Waals surface area contributed by atoms with Gasteiger partial charge in [-0.05, 0) is 56.9 Å². The Bertz CT molecular complexity index is 501. The van der Waals surface area contributed by atoms with Gasteiger partial charge in [-0.2, -0.15) is 0 Å². The number of nitrogens with zero attached hydrogens (tertiary/aromatic N) is 2. The lowest BCUT2D eigenvalue weighted by Crippen LogP contribution is -2.51. The zero-order valence-corrected chi connectivity index (χ0v) is 13.1. The summed E-state index contributed by atoms with van der Waals surface area (Å²) in [6.07, 6.45) is 3.32. The predicted molar refractivity (Wildman–Crippen MR) is 85.2 cm³/mol. The van der Waals surface area contributed by atoms with Gasteiger partial charge in [0, 0.05) is 43.4 Å². The van der Waals surface area contributed by atoms with Gasteiger partial charge >= 0.3 is 0 Å². The van der Waals surface area contributed by atoms with Crippen LogP contribution in [-0.4, -0.2) is 42.7 Å². The van der Waals surface area contributed by atoms with Gasteiger partial charge in [-0.3, -0.25) is 0 Å². The predicted octanol–water partition coefficient (Wildman–Crippen LogP) is 2.39. The van der Waals surface area contributed by atoms with Crippen molar-refractivity contribution in [3.8, 4) is 0 Å². The minimum Gasteiger partial charge on any atom is -0.368 e. The van der Waals surface area contributed by atoms with Gasteiger partial charge in [0.15, 0.2) is 0 Å². The maximum atomic E-state index is 13.3. The summed E-state index contributed by atoms with van der Waals surface area (Å²) in [5.74, 6) is -0.115. The highest BCUT2D eigenvalue weighted by molar-refractivity contribution is 5.58. The molecule has 2 aliphatic rings. The van der Waals surface area contributed by atoms with E-state index >= 15 is 0 Å². The van der Waals surface area contributed by atoms with Crippen molar-refractivity contribution >= 4 is 5.69 Å². The van der Waals surface area contributed by atoms with E-state index in [1.54, 1.807) is 12.1 Å². The fraction of sp³-hybridized carbons (Fsp3) is 0.647. The Morgan fingerprint density at radius 3 is 2.62 bits per heavy atom. The average Bonchev–Trinajstić information content (AvgIpc) is 2.80. The lowest BCUT2D eigenvalue weighted by molar-refractivity contribution is 0.178. The van der Waals surface area contributed by atoms with Crippen LogP contribution >= 0.6 is 0 Å². The van der Waals surface area contributed by atoms with Gasteiger partial charge in [0.25, 0.3) is 0 Å². The number of anilines is 1. The molecule has 3 nitrogen and oxygen atoms in total. The van der Waals surface area contributed by atoms with Crippen molar-refractivity contribution in [1.29, 1.82) is 0 Å². The standard InChI is InChI=1S/C17H26FN3/c1-17(2,19)12-20-8-6-15(7-9-20)21-10-5-13-11-14(18)3-4-16(13)21/h3-4,11,15H,5-10,12,19H2,1-2H3. The molecule has 21 heavy (non-hydrogen) atoms. The topological polar surface area (TPSA) is 32.5 Å². The average molecular weight is 291 g/mol. The normalized spacial score (nSPS) is 20.9. The summed E-state index contributed by atoms with van der Waals surface area (Å²) in [4.78, 5) is 4.96. The molecule has 4 heteroatoms. The maximum absolute atomic E-state index is 13.3. The summed E-state index contributed by atoms with van der Waals surface area (Å²) in [5.41, 5.74) is 8.40. The molecule has 0 aliphatic carbocycles. The first-order valence-electron chi connectivity index (χ1n) is 7.99. The molecule has 0 aromatic heterocycles. The molecule has 1 aromatic carbocycles. The summed E-state index contributed by atoms with van der Waals surface area (Å²) in [5, 5.41) is 0. The minimum absolute atomic E-state index is 0.115.